The van der Waals surface area contributed by atoms with Crippen molar-refractivity contribution in [2.75, 3.05) is 11.6 Å². The van der Waals surface area contributed by atoms with Crippen LogP contribution in [-0.4, -0.2) is 21.3 Å². The number of thioether (sulfide) groups is 1. The summed E-state index contributed by atoms with van der Waals surface area (Å²) in [6.07, 6.45) is 1.96. The Morgan fingerprint density at radius 1 is 1.29 bits per heavy atom. The Hall–Kier alpha value is -2.32. The molecule has 1 amide bonds. The molecular formula is C16H15N3O3S2. The number of carbonyl (C=O) groups excluding carboxylic acids is 1. The topological polar surface area (TPSA) is 73.1 Å². The Morgan fingerprint density at radius 2 is 2.08 bits per heavy atom. The molecule has 0 fully saturated rings. The van der Waals surface area contributed by atoms with E-state index in [1.54, 1.807) is 29.3 Å². The van der Waals surface area contributed by atoms with Crippen molar-refractivity contribution in [3.8, 4) is 0 Å². The number of anilines is 1. The van der Waals surface area contributed by atoms with Gasteiger partial charge >= 0.3 is 5.69 Å². The van der Waals surface area contributed by atoms with Gasteiger partial charge in [0.25, 0.3) is 5.56 Å². The minimum absolute atomic E-state index is 0.149. The van der Waals surface area contributed by atoms with Crippen LogP contribution >= 0.6 is 23.1 Å². The van der Waals surface area contributed by atoms with E-state index in [9.17, 15) is 14.4 Å². The Morgan fingerprint density at radius 3 is 2.83 bits per heavy atom. The summed E-state index contributed by atoms with van der Waals surface area (Å²) < 4.78 is 2.82. The average molecular weight is 361 g/mol. The van der Waals surface area contributed by atoms with Crippen molar-refractivity contribution in [2.45, 2.75) is 11.4 Å². The van der Waals surface area contributed by atoms with E-state index in [1.807, 2.05) is 24.5 Å². The largest absolute Gasteiger partial charge is 0.331 e. The Bertz CT molecular complexity index is 1030. The van der Waals surface area contributed by atoms with E-state index in [2.05, 4.69) is 5.32 Å². The zero-order valence-electron chi connectivity index (χ0n) is 13.1. The van der Waals surface area contributed by atoms with E-state index in [1.165, 1.54) is 23.0 Å². The fourth-order valence-corrected chi connectivity index (χ4v) is 3.73. The van der Waals surface area contributed by atoms with Gasteiger partial charge in [0.2, 0.25) is 5.91 Å². The van der Waals surface area contributed by atoms with Gasteiger partial charge in [-0.15, -0.1) is 23.1 Å². The minimum Gasteiger partial charge on any atom is -0.324 e. The molecule has 1 N–H and O–H groups in total. The molecule has 3 rings (SSSR count). The fourth-order valence-electron chi connectivity index (χ4n) is 2.40. The lowest BCUT2D eigenvalue weighted by Crippen LogP contribution is -2.39. The van der Waals surface area contributed by atoms with Gasteiger partial charge in [0.15, 0.2) is 0 Å². The number of carbonyl (C=O) groups is 1. The maximum Gasteiger partial charge on any atom is 0.331 e. The van der Waals surface area contributed by atoms with Crippen LogP contribution in [0.1, 0.15) is 0 Å². The predicted octanol–water partition coefficient (Wildman–Crippen LogP) is 2.12. The molecule has 0 aliphatic carbocycles. The zero-order valence-corrected chi connectivity index (χ0v) is 14.7. The van der Waals surface area contributed by atoms with Crippen molar-refractivity contribution in [1.29, 1.82) is 0 Å². The predicted molar refractivity (Wildman–Crippen MR) is 98.2 cm³/mol. The van der Waals surface area contributed by atoms with Gasteiger partial charge in [-0.3, -0.25) is 18.7 Å². The van der Waals surface area contributed by atoms with Crippen molar-refractivity contribution in [3.05, 3.63) is 56.5 Å². The molecule has 0 atom stereocenters. The molecule has 0 unspecified atom stereocenters. The molecule has 0 radical (unpaired) electrons. The number of rotatable bonds is 4. The highest BCUT2D eigenvalue weighted by atomic mass is 32.2. The van der Waals surface area contributed by atoms with Crippen LogP contribution in [0.3, 0.4) is 0 Å². The maximum atomic E-state index is 12.3. The molecule has 2 heterocycles. The zero-order chi connectivity index (χ0) is 17.3. The molecule has 8 heteroatoms. The summed E-state index contributed by atoms with van der Waals surface area (Å²) in [5.41, 5.74) is 0.320. The van der Waals surface area contributed by atoms with Crippen molar-refractivity contribution in [2.24, 2.45) is 7.05 Å². The first-order valence-corrected chi connectivity index (χ1v) is 9.22. The normalized spacial score (nSPS) is 10.9. The summed E-state index contributed by atoms with van der Waals surface area (Å²) in [7, 11) is 1.42. The second-order valence-electron chi connectivity index (χ2n) is 5.15. The number of hydrogen-bond acceptors (Lipinski definition) is 5. The Labute approximate surface area is 145 Å². The third-order valence-corrected chi connectivity index (χ3v) is 5.22. The van der Waals surface area contributed by atoms with E-state index in [4.69, 9.17) is 0 Å². The molecule has 6 nitrogen and oxygen atoms in total. The first-order chi connectivity index (χ1) is 11.5. The van der Waals surface area contributed by atoms with Gasteiger partial charge in [-0.2, -0.15) is 0 Å². The minimum atomic E-state index is -0.501. The van der Waals surface area contributed by atoms with Gasteiger partial charge in [-0.25, -0.2) is 4.79 Å². The molecule has 0 spiro atoms. The number of nitrogens with one attached hydrogen (secondary N) is 1. The number of fused-ring (bicyclic) bond motifs is 1. The lowest BCUT2D eigenvalue weighted by atomic mass is 10.3. The average Bonchev–Trinajstić information content (AvgIpc) is 3.06. The fraction of sp³-hybridized carbons (Fsp3) is 0.188. The van der Waals surface area contributed by atoms with Gasteiger partial charge in [-0.05, 0) is 35.9 Å². The number of amides is 1. The quantitative estimate of drug-likeness (QED) is 0.723. The van der Waals surface area contributed by atoms with Crippen LogP contribution in [0.15, 0.2) is 50.2 Å². The number of nitrogens with zero attached hydrogens (tertiary/aromatic N) is 2. The van der Waals surface area contributed by atoms with Gasteiger partial charge in [-0.1, -0.05) is 6.07 Å². The van der Waals surface area contributed by atoms with E-state index >= 15 is 0 Å². The Balaban J connectivity index is 1.92. The molecule has 0 saturated carbocycles. The molecule has 0 saturated heterocycles. The molecule has 0 bridgehead atoms. The molecule has 24 heavy (non-hydrogen) atoms. The molecule has 124 valence electrons. The van der Waals surface area contributed by atoms with Crippen LogP contribution in [0, 0.1) is 0 Å². The highest BCUT2D eigenvalue weighted by Crippen LogP contribution is 2.19. The number of thiophene rings is 1. The van der Waals surface area contributed by atoms with E-state index in [0.29, 0.717) is 15.9 Å². The summed E-state index contributed by atoms with van der Waals surface area (Å²) in [6.45, 7) is -0.149. The van der Waals surface area contributed by atoms with Crippen molar-refractivity contribution < 1.29 is 4.79 Å². The van der Waals surface area contributed by atoms with Crippen LogP contribution in [0.25, 0.3) is 10.2 Å². The number of benzene rings is 1. The molecule has 0 aliphatic rings. The number of aromatic nitrogens is 2. The molecular weight excluding hydrogens is 346 g/mol. The third kappa shape index (κ3) is 3.02. The molecule has 3 aromatic rings. The summed E-state index contributed by atoms with van der Waals surface area (Å²) in [4.78, 5) is 37.8. The van der Waals surface area contributed by atoms with E-state index in [0.717, 1.165) is 9.46 Å². The van der Waals surface area contributed by atoms with Gasteiger partial charge < -0.3 is 5.32 Å². The smallest absolute Gasteiger partial charge is 0.324 e. The molecule has 2 aromatic heterocycles. The van der Waals surface area contributed by atoms with Gasteiger partial charge in [0.1, 0.15) is 11.2 Å². The van der Waals surface area contributed by atoms with E-state index < -0.39 is 5.69 Å². The van der Waals surface area contributed by atoms with Crippen molar-refractivity contribution in [3.63, 3.8) is 0 Å². The monoisotopic (exact) mass is 361 g/mol. The highest BCUT2D eigenvalue weighted by Gasteiger charge is 2.14. The maximum absolute atomic E-state index is 12.3. The van der Waals surface area contributed by atoms with Gasteiger partial charge in [0, 0.05) is 17.6 Å². The summed E-state index contributed by atoms with van der Waals surface area (Å²) in [5.74, 6) is -0.318. The molecule has 0 aliphatic heterocycles. The second-order valence-corrected chi connectivity index (χ2v) is 6.94. The summed E-state index contributed by atoms with van der Waals surface area (Å²) >= 11 is 2.84. The number of hydrogen-bond donors (Lipinski definition) is 1. The van der Waals surface area contributed by atoms with Crippen LogP contribution in [0.2, 0.25) is 0 Å². The van der Waals surface area contributed by atoms with Crippen LogP contribution in [0.4, 0.5) is 5.69 Å². The standard InChI is InChI=1S/C16H15N3O3S2/c1-18-15(21)14-12(6-7-24-14)19(16(18)22)9-13(20)17-10-4-3-5-11(8-10)23-2/h3-8H,9H2,1-2H3,(H,17,20). The third-order valence-electron chi connectivity index (χ3n) is 3.61. The lowest BCUT2D eigenvalue weighted by molar-refractivity contribution is -0.116. The lowest BCUT2D eigenvalue weighted by Gasteiger charge is -2.10. The SMILES string of the molecule is CSc1cccc(NC(=O)Cn2c(=O)n(C)c(=O)c3sccc32)c1. The summed E-state index contributed by atoms with van der Waals surface area (Å²) in [6, 6.07) is 9.15. The first kappa shape index (κ1) is 16.5. The second kappa shape index (κ2) is 6.66. The van der Waals surface area contributed by atoms with Crippen LogP contribution in [0.5, 0.6) is 0 Å². The molecule has 1 aromatic carbocycles. The van der Waals surface area contributed by atoms with Crippen LogP contribution < -0.4 is 16.6 Å². The first-order valence-electron chi connectivity index (χ1n) is 7.12. The summed E-state index contributed by atoms with van der Waals surface area (Å²) in [5, 5.41) is 4.53. The Kier molecular flexibility index (Phi) is 4.59. The van der Waals surface area contributed by atoms with Crippen molar-refractivity contribution in [1.82, 2.24) is 9.13 Å². The van der Waals surface area contributed by atoms with Crippen molar-refractivity contribution >= 4 is 44.9 Å². The van der Waals surface area contributed by atoms with Gasteiger partial charge in [0.05, 0.1) is 5.52 Å². The highest BCUT2D eigenvalue weighted by molar-refractivity contribution is 7.98. The van der Waals surface area contributed by atoms with Crippen LogP contribution in [-0.2, 0) is 18.4 Å². The van der Waals surface area contributed by atoms with E-state index in [-0.39, 0.29) is 18.0 Å².